The lowest BCUT2D eigenvalue weighted by Crippen LogP contribution is -2.15. The molecular weight excluding hydrogens is 172 g/mol. The van der Waals surface area contributed by atoms with E-state index in [-0.39, 0.29) is 11.5 Å². The van der Waals surface area contributed by atoms with Crippen LogP contribution >= 0.6 is 0 Å². The summed E-state index contributed by atoms with van der Waals surface area (Å²) in [6.07, 6.45) is 2.78. The molecule has 1 unspecified atom stereocenters. The van der Waals surface area contributed by atoms with Crippen molar-refractivity contribution in [3.63, 3.8) is 0 Å². The minimum absolute atomic E-state index is 0.0669. The largest absolute Gasteiger partial charge is 0.323 e. The third-order valence-corrected chi connectivity index (χ3v) is 2.47. The number of nitrogens with zero attached hydrogens (tertiary/aromatic N) is 1. The minimum Gasteiger partial charge on any atom is -0.323 e. The van der Waals surface area contributed by atoms with Gasteiger partial charge in [0.2, 0.25) is 0 Å². The van der Waals surface area contributed by atoms with Crippen LogP contribution in [0.25, 0.3) is 0 Å². The number of nitrogens with two attached hydrogens (primary N) is 1. The van der Waals surface area contributed by atoms with E-state index in [4.69, 9.17) is 5.73 Å². The van der Waals surface area contributed by atoms with Gasteiger partial charge < -0.3 is 5.73 Å². The molecule has 1 aromatic heterocycles. The van der Waals surface area contributed by atoms with Gasteiger partial charge in [0.25, 0.3) is 0 Å². The van der Waals surface area contributed by atoms with Crippen LogP contribution in [-0.2, 0) is 5.41 Å². The summed E-state index contributed by atoms with van der Waals surface area (Å²) < 4.78 is 0. The first-order valence-electron chi connectivity index (χ1n) is 5.17. The molecule has 0 bridgehead atoms. The van der Waals surface area contributed by atoms with Gasteiger partial charge in [0.1, 0.15) is 0 Å². The van der Waals surface area contributed by atoms with Crippen molar-refractivity contribution in [2.24, 2.45) is 5.73 Å². The van der Waals surface area contributed by atoms with Crippen molar-refractivity contribution in [2.75, 3.05) is 0 Å². The predicted molar refractivity (Wildman–Crippen MR) is 60.2 cm³/mol. The van der Waals surface area contributed by atoms with Gasteiger partial charge in [0, 0.05) is 12.2 Å². The molecule has 2 heteroatoms. The zero-order chi connectivity index (χ0) is 10.8. The molecule has 0 aromatic carbocycles. The molecule has 78 valence electrons. The maximum atomic E-state index is 5.94. The van der Waals surface area contributed by atoms with Crippen LogP contribution < -0.4 is 5.73 Å². The Bertz CT molecular complexity index is 299. The second kappa shape index (κ2) is 4.09. The summed E-state index contributed by atoms with van der Waals surface area (Å²) in [5.41, 5.74) is 8.41. The van der Waals surface area contributed by atoms with E-state index in [9.17, 15) is 0 Å². The maximum Gasteiger partial charge on any atom is 0.0573 e. The van der Waals surface area contributed by atoms with E-state index in [2.05, 4.69) is 44.8 Å². The third-order valence-electron chi connectivity index (χ3n) is 2.47. The van der Waals surface area contributed by atoms with Crippen LogP contribution in [0.4, 0.5) is 0 Å². The average Bonchev–Trinajstić information content (AvgIpc) is 2.15. The second-order valence-electron chi connectivity index (χ2n) is 4.73. The fourth-order valence-electron chi connectivity index (χ4n) is 1.33. The zero-order valence-electron chi connectivity index (χ0n) is 9.54. The van der Waals surface area contributed by atoms with Crippen molar-refractivity contribution in [1.29, 1.82) is 0 Å². The molecule has 2 nitrogen and oxygen atoms in total. The molecule has 0 aliphatic rings. The van der Waals surface area contributed by atoms with E-state index in [1.165, 1.54) is 5.56 Å². The highest BCUT2D eigenvalue weighted by molar-refractivity contribution is 5.24. The Labute approximate surface area is 86.5 Å². The summed E-state index contributed by atoms with van der Waals surface area (Å²) >= 11 is 0. The molecule has 0 radical (unpaired) electrons. The van der Waals surface area contributed by atoms with Crippen molar-refractivity contribution >= 4 is 0 Å². The Hall–Kier alpha value is -0.890. The van der Waals surface area contributed by atoms with Gasteiger partial charge in [-0.3, -0.25) is 4.98 Å². The van der Waals surface area contributed by atoms with E-state index in [0.29, 0.717) is 0 Å². The normalized spacial score (nSPS) is 14.1. The van der Waals surface area contributed by atoms with Crippen molar-refractivity contribution in [2.45, 2.75) is 45.6 Å². The van der Waals surface area contributed by atoms with Gasteiger partial charge in [-0.1, -0.05) is 27.7 Å². The Balaban J connectivity index is 3.01. The van der Waals surface area contributed by atoms with E-state index in [1.807, 2.05) is 6.20 Å². The van der Waals surface area contributed by atoms with Crippen LogP contribution in [0, 0.1) is 0 Å². The lowest BCUT2D eigenvalue weighted by molar-refractivity contribution is 0.583. The molecule has 0 aliphatic heterocycles. The van der Waals surface area contributed by atoms with Gasteiger partial charge in [0.15, 0.2) is 0 Å². The molecule has 0 saturated carbocycles. The summed E-state index contributed by atoms with van der Waals surface area (Å²) in [5.74, 6) is 0. The van der Waals surface area contributed by atoms with Gasteiger partial charge in [-0.2, -0.15) is 0 Å². The lowest BCUT2D eigenvalue weighted by Gasteiger charge is -2.20. The number of pyridine rings is 1. The van der Waals surface area contributed by atoms with Gasteiger partial charge in [-0.05, 0) is 29.5 Å². The number of aromatic nitrogens is 1. The minimum atomic E-state index is 0.0669. The van der Waals surface area contributed by atoms with Crippen molar-refractivity contribution in [1.82, 2.24) is 4.98 Å². The van der Waals surface area contributed by atoms with E-state index < -0.39 is 0 Å². The molecule has 0 saturated heterocycles. The van der Waals surface area contributed by atoms with Crippen molar-refractivity contribution in [3.05, 3.63) is 29.6 Å². The summed E-state index contributed by atoms with van der Waals surface area (Å²) in [6, 6.07) is 4.25. The Kier molecular flexibility index (Phi) is 3.27. The monoisotopic (exact) mass is 192 g/mol. The summed E-state index contributed by atoms with van der Waals surface area (Å²) in [6.45, 7) is 8.67. The standard InChI is InChI=1S/C12H20N2/c1-5-10(13)11-8-9(6-7-14-11)12(2,3)4/h6-8,10H,5,13H2,1-4H3. The highest BCUT2D eigenvalue weighted by Crippen LogP contribution is 2.23. The Morgan fingerprint density at radius 1 is 1.43 bits per heavy atom. The van der Waals surface area contributed by atoms with Crippen LogP contribution in [0.2, 0.25) is 0 Å². The number of rotatable bonds is 2. The summed E-state index contributed by atoms with van der Waals surface area (Å²) in [7, 11) is 0. The highest BCUT2D eigenvalue weighted by Gasteiger charge is 2.15. The Morgan fingerprint density at radius 3 is 2.57 bits per heavy atom. The van der Waals surface area contributed by atoms with Crippen LogP contribution in [-0.4, -0.2) is 4.98 Å². The molecule has 0 amide bonds. The fraction of sp³-hybridized carbons (Fsp3) is 0.583. The molecule has 0 spiro atoms. The molecular formula is C12H20N2. The van der Waals surface area contributed by atoms with Crippen LogP contribution in [0.3, 0.4) is 0 Å². The van der Waals surface area contributed by atoms with Crippen LogP contribution in [0.15, 0.2) is 18.3 Å². The molecule has 0 fully saturated rings. The van der Waals surface area contributed by atoms with Crippen molar-refractivity contribution < 1.29 is 0 Å². The van der Waals surface area contributed by atoms with Crippen LogP contribution in [0.5, 0.6) is 0 Å². The molecule has 2 N–H and O–H groups in total. The molecule has 14 heavy (non-hydrogen) atoms. The maximum absolute atomic E-state index is 5.94. The summed E-state index contributed by atoms with van der Waals surface area (Å²) in [4.78, 5) is 4.30. The average molecular weight is 192 g/mol. The van der Waals surface area contributed by atoms with E-state index >= 15 is 0 Å². The lowest BCUT2D eigenvalue weighted by atomic mass is 9.87. The first-order chi connectivity index (χ1) is 6.45. The third kappa shape index (κ3) is 2.55. The predicted octanol–water partition coefficient (Wildman–Crippen LogP) is 2.79. The number of hydrogen-bond donors (Lipinski definition) is 1. The molecule has 1 atom stereocenters. The topological polar surface area (TPSA) is 38.9 Å². The van der Waals surface area contributed by atoms with Crippen molar-refractivity contribution in [3.8, 4) is 0 Å². The fourth-order valence-corrected chi connectivity index (χ4v) is 1.33. The zero-order valence-corrected chi connectivity index (χ0v) is 9.54. The molecule has 1 aromatic rings. The molecule has 1 rings (SSSR count). The van der Waals surface area contributed by atoms with E-state index in [1.54, 1.807) is 0 Å². The number of hydrogen-bond acceptors (Lipinski definition) is 2. The highest BCUT2D eigenvalue weighted by atomic mass is 14.8. The Morgan fingerprint density at radius 2 is 2.07 bits per heavy atom. The SMILES string of the molecule is CCC(N)c1cc(C(C)(C)C)ccn1. The molecule has 1 heterocycles. The summed E-state index contributed by atoms with van der Waals surface area (Å²) in [5, 5.41) is 0. The first-order valence-corrected chi connectivity index (χ1v) is 5.17. The van der Waals surface area contributed by atoms with Gasteiger partial charge in [-0.25, -0.2) is 0 Å². The quantitative estimate of drug-likeness (QED) is 0.782. The van der Waals surface area contributed by atoms with E-state index in [0.717, 1.165) is 12.1 Å². The molecule has 0 aliphatic carbocycles. The smallest absolute Gasteiger partial charge is 0.0573 e. The van der Waals surface area contributed by atoms with Crippen LogP contribution in [0.1, 0.15) is 51.4 Å². The van der Waals surface area contributed by atoms with Gasteiger partial charge in [-0.15, -0.1) is 0 Å². The first kappa shape index (κ1) is 11.2. The van der Waals surface area contributed by atoms with Gasteiger partial charge in [0.05, 0.1) is 5.69 Å². The van der Waals surface area contributed by atoms with Gasteiger partial charge >= 0.3 is 0 Å². The second-order valence-corrected chi connectivity index (χ2v) is 4.73.